The van der Waals surface area contributed by atoms with Crippen molar-refractivity contribution in [3.8, 4) is 0 Å². The molecule has 0 aliphatic carbocycles. The molecule has 2 aliphatic heterocycles. The van der Waals surface area contributed by atoms with Crippen LogP contribution in [0.3, 0.4) is 0 Å². The number of fused-ring (bicyclic) bond motifs is 2. The molecule has 3 heterocycles. The highest BCUT2D eigenvalue weighted by Gasteiger charge is 2.50. The van der Waals surface area contributed by atoms with E-state index in [0.717, 1.165) is 5.39 Å². The lowest BCUT2D eigenvalue weighted by Gasteiger charge is -2.18. The lowest BCUT2D eigenvalue weighted by Crippen LogP contribution is -2.44. The molecule has 0 spiro atoms. The fraction of sp³-hybridized carbons (Fsp3) is 0.273. The number of hydrogen-bond acceptors (Lipinski definition) is 7. The van der Waals surface area contributed by atoms with Crippen molar-refractivity contribution in [2.45, 2.75) is 29.2 Å². The van der Waals surface area contributed by atoms with Gasteiger partial charge in [-0.25, -0.2) is 17.9 Å². The molecule has 2 N–H and O–H groups in total. The molecule has 0 bridgehead atoms. The number of nitrogens with zero attached hydrogens (tertiary/aromatic N) is 1. The third kappa shape index (κ3) is 4.05. The summed E-state index contributed by atoms with van der Waals surface area (Å²) in [5, 5.41) is 3.37. The second-order valence-electron chi connectivity index (χ2n) is 7.59. The summed E-state index contributed by atoms with van der Waals surface area (Å²) in [5.41, 5.74) is 0.999. The molecule has 2 fully saturated rings. The maximum absolute atomic E-state index is 13.1. The molecule has 2 aromatic carbocycles. The Morgan fingerprint density at radius 1 is 0.969 bits per heavy atom. The van der Waals surface area contributed by atoms with Crippen molar-refractivity contribution in [3.05, 3.63) is 66.9 Å². The van der Waals surface area contributed by atoms with Crippen molar-refractivity contribution in [1.29, 1.82) is 0 Å². The van der Waals surface area contributed by atoms with Crippen LogP contribution in [-0.2, 0) is 24.2 Å². The summed E-state index contributed by atoms with van der Waals surface area (Å²) < 4.78 is 45.8. The molecule has 2 saturated heterocycles. The van der Waals surface area contributed by atoms with Gasteiger partial charge in [-0.1, -0.05) is 36.4 Å². The van der Waals surface area contributed by atoms with Crippen LogP contribution < -0.4 is 10.0 Å². The standard InChI is InChI=1S/C22H21N3O6S/c26-22(24-15-8-2-1-3-9-15)31-17-13-30-20-16(12-29-21(17)20)25-32(27,28)18-10-4-6-14-7-5-11-23-19(14)18/h1-11,16-17,20-21,25H,12-13H2,(H,24,26). The Morgan fingerprint density at radius 3 is 2.59 bits per heavy atom. The number of amides is 1. The Labute approximate surface area is 184 Å². The molecule has 0 radical (unpaired) electrons. The van der Waals surface area contributed by atoms with Gasteiger partial charge in [0.25, 0.3) is 0 Å². The van der Waals surface area contributed by atoms with Crippen LogP contribution in [0.2, 0.25) is 0 Å². The minimum Gasteiger partial charge on any atom is -0.441 e. The number of carbonyl (C=O) groups is 1. The van der Waals surface area contributed by atoms with Gasteiger partial charge in [0.15, 0.2) is 6.10 Å². The second-order valence-corrected chi connectivity index (χ2v) is 9.27. The summed E-state index contributed by atoms with van der Waals surface area (Å²) in [6, 6.07) is 16.9. The van der Waals surface area contributed by atoms with E-state index in [-0.39, 0.29) is 18.1 Å². The van der Waals surface area contributed by atoms with Crippen molar-refractivity contribution in [3.63, 3.8) is 0 Å². The average Bonchev–Trinajstić information content (AvgIpc) is 3.37. The fourth-order valence-corrected chi connectivity index (χ4v) is 5.44. The number of pyridine rings is 1. The van der Waals surface area contributed by atoms with Crippen LogP contribution in [0.15, 0.2) is 71.8 Å². The smallest absolute Gasteiger partial charge is 0.412 e. The average molecular weight is 455 g/mol. The third-order valence-corrected chi connectivity index (χ3v) is 7.00. The van der Waals surface area contributed by atoms with Crippen molar-refractivity contribution >= 4 is 32.7 Å². The monoisotopic (exact) mass is 455 g/mol. The first kappa shape index (κ1) is 20.8. The number of aromatic nitrogens is 1. The molecule has 9 nitrogen and oxygen atoms in total. The van der Waals surface area contributed by atoms with Gasteiger partial charge in [-0.3, -0.25) is 10.3 Å². The van der Waals surface area contributed by atoms with Gasteiger partial charge >= 0.3 is 6.09 Å². The molecular weight excluding hydrogens is 434 g/mol. The SMILES string of the molecule is O=C(Nc1ccccc1)OC1COC2C(NS(=O)(=O)c3cccc4cccnc34)COC12. The first-order valence-corrected chi connectivity index (χ1v) is 11.6. The highest BCUT2D eigenvalue weighted by Crippen LogP contribution is 2.30. The highest BCUT2D eigenvalue weighted by molar-refractivity contribution is 7.89. The molecule has 4 unspecified atom stereocenters. The fourth-order valence-electron chi connectivity index (χ4n) is 4.03. The molecule has 3 aromatic rings. The van der Waals surface area contributed by atoms with Crippen LogP contribution in [-0.4, -0.2) is 57.1 Å². The van der Waals surface area contributed by atoms with Gasteiger partial charge in [0, 0.05) is 17.3 Å². The molecule has 10 heteroatoms. The Hall–Kier alpha value is -3.05. The van der Waals surface area contributed by atoms with Crippen molar-refractivity contribution in [2.75, 3.05) is 18.5 Å². The minimum atomic E-state index is -3.88. The lowest BCUT2D eigenvalue weighted by molar-refractivity contribution is 0.00883. The van der Waals surface area contributed by atoms with E-state index in [1.165, 1.54) is 6.07 Å². The van der Waals surface area contributed by atoms with Gasteiger partial charge in [0.05, 0.1) is 24.8 Å². The van der Waals surface area contributed by atoms with Gasteiger partial charge < -0.3 is 14.2 Å². The number of para-hydroxylation sites is 2. The molecule has 4 atom stereocenters. The predicted octanol–water partition coefficient (Wildman–Crippen LogP) is 2.30. The summed E-state index contributed by atoms with van der Waals surface area (Å²) in [5.74, 6) is 0. The largest absolute Gasteiger partial charge is 0.441 e. The first-order chi connectivity index (χ1) is 15.5. The topological polar surface area (TPSA) is 116 Å². The zero-order valence-corrected chi connectivity index (χ0v) is 17.7. The van der Waals surface area contributed by atoms with Crippen LogP contribution >= 0.6 is 0 Å². The van der Waals surface area contributed by atoms with Crippen LogP contribution in [0, 0.1) is 0 Å². The summed E-state index contributed by atoms with van der Waals surface area (Å²) in [7, 11) is -3.88. The highest BCUT2D eigenvalue weighted by atomic mass is 32.2. The van der Waals surface area contributed by atoms with E-state index in [9.17, 15) is 13.2 Å². The summed E-state index contributed by atoms with van der Waals surface area (Å²) in [6.07, 6.45) is -0.840. The zero-order valence-electron chi connectivity index (χ0n) is 16.9. The molecule has 166 valence electrons. The molecule has 32 heavy (non-hydrogen) atoms. The van der Waals surface area contributed by atoms with Gasteiger partial charge in [0.2, 0.25) is 10.0 Å². The Bertz CT molecular complexity index is 1230. The van der Waals surface area contributed by atoms with Gasteiger partial charge in [-0.2, -0.15) is 0 Å². The van der Waals surface area contributed by atoms with E-state index in [1.807, 2.05) is 6.07 Å². The quantitative estimate of drug-likeness (QED) is 0.606. The summed E-state index contributed by atoms with van der Waals surface area (Å²) >= 11 is 0. The van der Waals surface area contributed by atoms with Gasteiger partial charge in [0.1, 0.15) is 17.1 Å². The van der Waals surface area contributed by atoms with E-state index in [1.54, 1.807) is 54.7 Å². The molecule has 0 saturated carbocycles. The van der Waals surface area contributed by atoms with Crippen LogP contribution in [0.4, 0.5) is 10.5 Å². The zero-order chi connectivity index (χ0) is 22.1. The van der Waals surface area contributed by atoms with Crippen LogP contribution in [0.1, 0.15) is 0 Å². The number of sulfonamides is 1. The maximum atomic E-state index is 13.1. The van der Waals surface area contributed by atoms with E-state index < -0.39 is 40.5 Å². The van der Waals surface area contributed by atoms with Crippen LogP contribution in [0.25, 0.3) is 10.9 Å². The number of hydrogen-bond donors (Lipinski definition) is 2. The lowest BCUT2D eigenvalue weighted by atomic mass is 10.1. The van der Waals surface area contributed by atoms with E-state index in [0.29, 0.717) is 11.2 Å². The van der Waals surface area contributed by atoms with Crippen LogP contribution in [0.5, 0.6) is 0 Å². The number of carbonyl (C=O) groups excluding carboxylic acids is 1. The predicted molar refractivity (Wildman–Crippen MR) is 116 cm³/mol. The summed E-state index contributed by atoms with van der Waals surface area (Å²) in [6.45, 7) is 0.221. The number of rotatable bonds is 5. The number of nitrogens with one attached hydrogen (secondary N) is 2. The Kier molecular flexibility index (Phi) is 5.51. The molecular formula is C22H21N3O6S. The maximum Gasteiger partial charge on any atom is 0.412 e. The molecule has 1 amide bonds. The van der Waals surface area contributed by atoms with Crippen molar-refractivity contribution in [1.82, 2.24) is 9.71 Å². The Morgan fingerprint density at radius 2 is 1.75 bits per heavy atom. The third-order valence-electron chi connectivity index (χ3n) is 5.48. The van der Waals surface area contributed by atoms with Crippen molar-refractivity contribution in [2.24, 2.45) is 0 Å². The molecule has 5 rings (SSSR count). The van der Waals surface area contributed by atoms with E-state index in [4.69, 9.17) is 14.2 Å². The summed E-state index contributed by atoms with van der Waals surface area (Å²) in [4.78, 5) is 16.5. The van der Waals surface area contributed by atoms with Gasteiger partial charge in [-0.05, 0) is 24.3 Å². The number of ether oxygens (including phenoxy) is 3. The second kappa shape index (κ2) is 8.47. The number of anilines is 1. The first-order valence-electron chi connectivity index (χ1n) is 10.1. The number of benzene rings is 2. The van der Waals surface area contributed by atoms with Crippen molar-refractivity contribution < 1.29 is 27.4 Å². The van der Waals surface area contributed by atoms with E-state index in [2.05, 4.69) is 15.0 Å². The minimum absolute atomic E-state index is 0.0899. The van der Waals surface area contributed by atoms with E-state index >= 15 is 0 Å². The van der Waals surface area contributed by atoms with Gasteiger partial charge in [-0.15, -0.1) is 0 Å². The normalized spacial score (nSPS) is 24.9. The molecule has 2 aliphatic rings. The Balaban J connectivity index is 1.26. The molecule has 1 aromatic heterocycles.